The van der Waals surface area contributed by atoms with Crippen molar-refractivity contribution in [2.75, 3.05) is 0 Å². The van der Waals surface area contributed by atoms with E-state index in [-0.39, 0.29) is 5.69 Å². The molecule has 1 heterocycles. The highest BCUT2D eigenvalue weighted by Gasteiger charge is 2.32. The monoisotopic (exact) mass is 207 g/mol. The summed E-state index contributed by atoms with van der Waals surface area (Å²) < 4.78 is 37.6. The van der Waals surface area contributed by atoms with Crippen molar-refractivity contribution >= 4 is 5.97 Å². The van der Waals surface area contributed by atoms with E-state index in [1.54, 1.807) is 0 Å². The molecule has 0 saturated heterocycles. The molecule has 0 unspecified atom stereocenters. The van der Waals surface area contributed by atoms with Crippen molar-refractivity contribution in [3.63, 3.8) is 0 Å². The molecule has 1 aromatic rings. The minimum atomic E-state index is -4.42. The molecule has 1 rings (SSSR count). The van der Waals surface area contributed by atoms with Crippen molar-refractivity contribution in [1.29, 1.82) is 0 Å². The number of carbonyl (C=O) groups is 1. The minimum Gasteiger partial charge on any atom is -0.481 e. The average Bonchev–Trinajstić information content (AvgIpc) is 2.30. The zero-order valence-corrected chi connectivity index (χ0v) is 7.30. The zero-order chi connectivity index (χ0) is 10.9. The molecular formula is C8H8F3NO2. The molecular weight excluding hydrogens is 199 g/mol. The van der Waals surface area contributed by atoms with Crippen LogP contribution in [0, 0.1) is 0 Å². The van der Waals surface area contributed by atoms with Gasteiger partial charge >= 0.3 is 12.1 Å². The predicted octanol–water partition coefficient (Wildman–Crippen LogP) is 1.67. The van der Waals surface area contributed by atoms with Crippen LogP contribution < -0.4 is 0 Å². The molecule has 0 radical (unpaired) electrons. The maximum Gasteiger partial charge on any atom is 0.417 e. The summed E-state index contributed by atoms with van der Waals surface area (Å²) in [6.45, 7) is 0. The van der Waals surface area contributed by atoms with E-state index in [4.69, 9.17) is 5.11 Å². The van der Waals surface area contributed by atoms with Gasteiger partial charge in [-0.25, -0.2) is 0 Å². The number of rotatable bonds is 2. The SMILES string of the molecule is Cn1cc(C(F)(F)F)cc1CC(=O)O. The number of hydrogen-bond acceptors (Lipinski definition) is 1. The number of aryl methyl sites for hydroxylation is 1. The lowest BCUT2D eigenvalue weighted by Gasteiger charge is -2.00. The van der Waals surface area contributed by atoms with Gasteiger partial charge in [-0.15, -0.1) is 0 Å². The smallest absolute Gasteiger partial charge is 0.417 e. The number of aromatic nitrogens is 1. The molecule has 6 heteroatoms. The Morgan fingerprint density at radius 1 is 1.57 bits per heavy atom. The summed E-state index contributed by atoms with van der Waals surface area (Å²) in [7, 11) is 1.38. The second-order valence-electron chi connectivity index (χ2n) is 2.90. The predicted molar refractivity (Wildman–Crippen MR) is 41.8 cm³/mol. The third-order valence-electron chi connectivity index (χ3n) is 1.77. The van der Waals surface area contributed by atoms with Crippen molar-refractivity contribution in [1.82, 2.24) is 4.57 Å². The van der Waals surface area contributed by atoms with E-state index in [1.807, 2.05) is 0 Å². The maximum atomic E-state index is 12.2. The first-order chi connectivity index (χ1) is 6.30. The van der Waals surface area contributed by atoms with Crippen LogP contribution in [0.3, 0.4) is 0 Å². The van der Waals surface area contributed by atoms with Crippen LogP contribution in [-0.2, 0) is 24.4 Å². The number of alkyl halides is 3. The Morgan fingerprint density at radius 3 is 2.50 bits per heavy atom. The molecule has 0 amide bonds. The first-order valence-corrected chi connectivity index (χ1v) is 3.75. The lowest BCUT2D eigenvalue weighted by molar-refractivity contribution is -0.138. The Kier molecular flexibility index (Phi) is 2.55. The van der Waals surface area contributed by atoms with E-state index in [1.165, 1.54) is 7.05 Å². The van der Waals surface area contributed by atoms with Crippen molar-refractivity contribution in [2.24, 2.45) is 7.05 Å². The highest BCUT2D eigenvalue weighted by atomic mass is 19.4. The van der Waals surface area contributed by atoms with Crippen molar-refractivity contribution in [3.8, 4) is 0 Å². The van der Waals surface area contributed by atoms with Gasteiger partial charge in [0.1, 0.15) is 0 Å². The van der Waals surface area contributed by atoms with Crippen molar-refractivity contribution < 1.29 is 23.1 Å². The van der Waals surface area contributed by atoms with Gasteiger partial charge in [-0.2, -0.15) is 13.2 Å². The van der Waals surface area contributed by atoms with E-state index in [9.17, 15) is 18.0 Å². The van der Waals surface area contributed by atoms with Gasteiger partial charge < -0.3 is 9.67 Å². The molecule has 0 saturated carbocycles. The molecule has 0 aliphatic heterocycles. The third kappa shape index (κ3) is 2.27. The van der Waals surface area contributed by atoms with Crippen LogP contribution >= 0.6 is 0 Å². The summed E-state index contributed by atoms with van der Waals surface area (Å²) in [6.07, 6.45) is -3.96. The van der Waals surface area contributed by atoms with Gasteiger partial charge in [-0.3, -0.25) is 4.79 Å². The van der Waals surface area contributed by atoms with Crippen LogP contribution in [-0.4, -0.2) is 15.6 Å². The highest BCUT2D eigenvalue weighted by molar-refractivity contribution is 5.69. The molecule has 1 N–H and O–H groups in total. The number of halogens is 3. The fourth-order valence-corrected chi connectivity index (χ4v) is 1.10. The summed E-state index contributed by atoms with van der Waals surface area (Å²) in [5.41, 5.74) is -0.693. The Morgan fingerprint density at radius 2 is 2.14 bits per heavy atom. The van der Waals surface area contributed by atoms with Crippen molar-refractivity contribution in [3.05, 3.63) is 23.5 Å². The standard InChI is InChI=1S/C8H8F3NO2/c1-12-4-5(8(9,10)11)2-6(12)3-7(13)14/h2,4H,3H2,1H3,(H,13,14). The quantitative estimate of drug-likeness (QED) is 0.801. The van der Waals surface area contributed by atoms with E-state index < -0.39 is 24.1 Å². The molecule has 0 fully saturated rings. The van der Waals surface area contributed by atoms with Crippen LogP contribution in [0.2, 0.25) is 0 Å². The molecule has 0 aromatic carbocycles. The molecule has 78 valence electrons. The summed E-state index contributed by atoms with van der Waals surface area (Å²) in [6, 6.07) is 0.841. The normalized spacial score (nSPS) is 11.7. The van der Waals surface area contributed by atoms with Gasteiger partial charge in [0.2, 0.25) is 0 Å². The Balaban J connectivity index is 2.99. The highest BCUT2D eigenvalue weighted by Crippen LogP contribution is 2.30. The molecule has 3 nitrogen and oxygen atoms in total. The number of carboxylic acid groups (broad SMARTS) is 1. The van der Waals surface area contributed by atoms with Crippen molar-refractivity contribution in [2.45, 2.75) is 12.6 Å². The number of carboxylic acids is 1. The van der Waals surface area contributed by atoms with Crippen LogP contribution in [0.25, 0.3) is 0 Å². The number of aliphatic carboxylic acids is 1. The van der Waals surface area contributed by atoms with Gasteiger partial charge in [-0.1, -0.05) is 0 Å². The van der Waals surface area contributed by atoms with Crippen LogP contribution in [0.5, 0.6) is 0 Å². The van der Waals surface area contributed by atoms with Gasteiger partial charge in [0.25, 0.3) is 0 Å². The molecule has 14 heavy (non-hydrogen) atoms. The van der Waals surface area contributed by atoms with Crippen LogP contribution in [0.15, 0.2) is 12.3 Å². The fraction of sp³-hybridized carbons (Fsp3) is 0.375. The van der Waals surface area contributed by atoms with E-state index in [0.29, 0.717) is 0 Å². The lowest BCUT2D eigenvalue weighted by Crippen LogP contribution is -2.04. The largest absolute Gasteiger partial charge is 0.481 e. The van der Waals surface area contributed by atoms with Gasteiger partial charge in [0, 0.05) is 18.9 Å². The zero-order valence-electron chi connectivity index (χ0n) is 7.30. The average molecular weight is 207 g/mol. The Bertz CT molecular complexity index is 354. The molecule has 0 aliphatic rings. The number of hydrogen-bond donors (Lipinski definition) is 1. The maximum absolute atomic E-state index is 12.2. The van der Waals surface area contributed by atoms with Gasteiger partial charge in [0.05, 0.1) is 12.0 Å². The lowest BCUT2D eigenvalue weighted by atomic mass is 10.2. The second-order valence-corrected chi connectivity index (χ2v) is 2.90. The van der Waals surface area contributed by atoms with Crippen LogP contribution in [0.1, 0.15) is 11.3 Å². The van der Waals surface area contributed by atoms with Gasteiger partial charge in [-0.05, 0) is 6.07 Å². The molecule has 1 aromatic heterocycles. The minimum absolute atomic E-state index is 0.129. The molecule has 0 aliphatic carbocycles. The summed E-state index contributed by atoms with van der Waals surface area (Å²) in [5.74, 6) is -1.15. The molecule has 0 bridgehead atoms. The topological polar surface area (TPSA) is 42.2 Å². The second kappa shape index (κ2) is 3.36. The third-order valence-corrected chi connectivity index (χ3v) is 1.77. The van der Waals surface area contributed by atoms with Crippen LogP contribution in [0.4, 0.5) is 13.2 Å². The number of nitrogens with zero attached hydrogens (tertiary/aromatic N) is 1. The summed E-state index contributed by atoms with van der Waals surface area (Å²) >= 11 is 0. The Hall–Kier alpha value is -1.46. The fourth-order valence-electron chi connectivity index (χ4n) is 1.10. The first-order valence-electron chi connectivity index (χ1n) is 3.75. The Labute approximate surface area is 77.8 Å². The van der Waals surface area contributed by atoms with E-state index >= 15 is 0 Å². The van der Waals surface area contributed by atoms with E-state index in [0.717, 1.165) is 16.8 Å². The van der Waals surface area contributed by atoms with Gasteiger partial charge in [0.15, 0.2) is 0 Å². The first kappa shape index (κ1) is 10.6. The molecule has 0 spiro atoms. The summed E-state index contributed by atoms with van der Waals surface area (Å²) in [4.78, 5) is 10.3. The molecule has 0 atom stereocenters. The summed E-state index contributed by atoms with van der Waals surface area (Å²) in [5, 5.41) is 8.41. The van der Waals surface area contributed by atoms with E-state index in [2.05, 4.69) is 0 Å².